The molecule has 22 heavy (non-hydrogen) atoms. The average Bonchev–Trinajstić information content (AvgIpc) is 3.30. The zero-order chi connectivity index (χ0) is 15.4. The van der Waals surface area contributed by atoms with Crippen molar-refractivity contribution in [1.29, 1.82) is 0 Å². The van der Waals surface area contributed by atoms with Crippen molar-refractivity contribution < 1.29 is 9.53 Å². The molecule has 2 aromatic rings. The lowest BCUT2D eigenvalue weighted by atomic mass is 10.1. The summed E-state index contributed by atoms with van der Waals surface area (Å²) < 4.78 is 5.12. The van der Waals surface area contributed by atoms with Crippen molar-refractivity contribution in [3.05, 3.63) is 45.9 Å². The standard InChI is InChI=1S/C17H20N2O2S/c1-21-15-7-2-12(3-8-15)4-9-16(20)18-10-14-11-22-17(19-14)13-5-6-13/h2-3,7-8,11,13H,4-6,9-10H2,1H3,(H,18,20). The Morgan fingerprint density at radius 3 is 2.82 bits per heavy atom. The lowest BCUT2D eigenvalue weighted by Gasteiger charge is -2.05. The van der Waals surface area contributed by atoms with Gasteiger partial charge in [0, 0.05) is 17.7 Å². The highest BCUT2D eigenvalue weighted by molar-refractivity contribution is 7.09. The van der Waals surface area contributed by atoms with Crippen LogP contribution in [0.1, 0.15) is 41.4 Å². The Balaban J connectivity index is 1.41. The second-order valence-electron chi connectivity index (χ2n) is 5.58. The van der Waals surface area contributed by atoms with Gasteiger partial charge in [0.2, 0.25) is 5.91 Å². The predicted octanol–water partition coefficient (Wildman–Crippen LogP) is 3.28. The van der Waals surface area contributed by atoms with Crippen LogP contribution in [-0.4, -0.2) is 18.0 Å². The van der Waals surface area contributed by atoms with E-state index in [0.29, 0.717) is 18.9 Å². The molecule has 116 valence electrons. The van der Waals surface area contributed by atoms with E-state index in [4.69, 9.17) is 4.74 Å². The topological polar surface area (TPSA) is 51.2 Å². The lowest BCUT2D eigenvalue weighted by Crippen LogP contribution is -2.23. The number of hydrogen-bond donors (Lipinski definition) is 1. The van der Waals surface area contributed by atoms with Crippen molar-refractivity contribution in [2.75, 3.05) is 7.11 Å². The average molecular weight is 316 g/mol. The molecule has 1 heterocycles. The number of hydrogen-bond acceptors (Lipinski definition) is 4. The minimum absolute atomic E-state index is 0.0665. The molecule has 4 nitrogen and oxygen atoms in total. The molecule has 1 saturated carbocycles. The first kappa shape index (κ1) is 15.0. The summed E-state index contributed by atoms with van der Waals surface area (Å²) in [6.07, 6.45) is 3.76. The van der Waals surface area contributed by atoms with Gasteiger partial charge < -0.3 is 10.1 Å². The third-order valence-electron chi connectivity index (χ3n) is 3.76. The number of methoxy groups -OCH3 is 1. The molecule has 0 saturated heterocycles. The van der Waals surface area contributed by atoms with E-state index >= 15 is 0 Å². The maximum Gasteiger partial charge on any atom is 0.220 e. The smallest absolute Gasteiger partial charge is 0.220 e. The van der Waals surface area contributed by atoms with E-state index in [2.05, 4.69) is 15.7 Å². The minimum atomic E-state index is 0.0665. The van der Waals surface area contributed by atoms with E-state index in [-0.39, 0.29) is 5.91 Å². The monoisotopic (exact) mass is 316 g/mol. The molecule has 1 amide bonds. The molecule has 1 aromatic heterocycles. The number of aromatic nitrogens is 1. The van der Waals surface area contributed by atoms with Crippen LogP contribution in [0, 0.1) is 0 Å². The number of carbonyl (C=O) groups is 1. The number of carbonyl (C=O) groups excluding carboxylic acids is 1. The number of benzene rings is 1. The van der Waals surface area contributed by atoms with Crippen molar-refractivity contribution in [1.82, 2.24) is 10.3 Å². The van der Waals surface area contributed by atoms with Gasteiger partial charge in [-0.2, -0.15) is 0 Å². The molecule has 0 unspecified atom stereocenters. The third-order valence-corrected chi connectivity index (χ3v) is 4.82. The zero-order valence-corrected chi connectivity index (χ0v) is 13.5. The Labute approximate surface area is 134 Å². The van der Waals surface area contributed by atoms with E-state index in [9.17, 15) is 4.79 Å². The minimum Gasteiger partial charge on any atom is -0.497 e. The van der Waals surface area contributed by atoms with Crippen molar-refractivity contribution >= 4 is 17.2 Å². The van der Waals surface area contributed by atoms with Crippen LogP contribution in [0.15, 0.2) is 29.6 Å². The molecule has 5 heteroatoms. The quantitative estimate of drug-likeness (QED) is 0.853. The van der Waals surface area contributed by atoms with Crippen LogP contribution in [0.3, 0.4) is 0 Å². The van der Waals surface area contributed by atoms with Crippen molar-refractivity contribution in [2.45, 2.75) is 38.1 Å². The molecule has 1 aliphatic rings. The maximum atomic E-state index is 11.9. The van der Waals surface area contributed by atoms with Crippen LogP contribution < -0.4 is 10.1 Å². The molecular formula is C17H20N2O2S. The summed E-state index contributed by atoms with van der Waals surface area (Å²) in [6.45, 7) is 0.532. The van der Waals surface area contributed by atoms with Gasteiger partial charge in [-0.1, -0.05) is 12.1 Å². The van der Waals surface area contributed by atoms with E-state index < -0.39 is 0 Å². The Morgan fingerprint density at radius 1 is 1.36 bits per heavy atom. The van der Waals surface area contributed by atoms with Crippen LogP contribution in [0.2, 0.25) is 0 Å². The number of ether oxygens (including phenoxy) is 1. The van der Waals surface area contributed by atoms with E-state index in [1.165, 1.54) is 17.8 Å². The molecule has 0 atom stereocenters. The van der Waals surface area contributed by atoms with Crippen LogP contribution >= 0.6 is 11.3 Å². The van der Waals surface area contributed by atoms with Crippen molar-refractivity contribution in [3.63, 3.8) is 0 Å². The van der Waals surface area contributed by atoms with E-state index in [1.54, 1.807) is 18.4 Å². The number of aryl methyl sites for hydroxylation is 1. The molecule has 1 aliphatic carbocycles. The summed E-state index contributed by atoms with van der Waals surface area (Å²) in [5, 5.41) is 6.22. The van der Waals surface area contributed by atoms with Crippen LogP contribution in [0.25, 0.3) is 0 Å². The van der Waals surface area contributed by atoms with Gasteiger partial charge in [-0.3, -0.25) is 4.79 Å². The zero-order valence-electron chi connectivity index (χ0n) is 12.7. The molecule has 0 radical (unpaired) electrons. The number of thiazole rings is 1. The lowest BCUT2D eigenvalue weighted by molar-refractivity contribution is -0.121. The second kappa shape index (κ2) is 6.92. The summed E-state index contributed by atoms with van der Waals surface area (Å²) >= 11 is 1.71. The van der Waals surface area contributed by atoms with Gasteiger partial charge in [0.25, 0.3) is 0 Å². The summed E-state index contributed by atoms with van der Waals surface area (Å²) in [5.74, 6) is 1.59. The summed E-state index contributed by atoms with van der Waals surface area (Å²) in [7, 11) is 1.65. The first-order valence-electron chi connectivity index (χ1n) is 7.58. The van der Waals surface area contributed by atoms with Gasteiger partial charge in [-0.05, 0) is 37.0 Å². The van der Waals surface area contributed by atoms with Gasteiger partial charge in [-0.25, -0.2) is 4.98 Å². The Morgan fingerprint density at radius 2 is 2.14 bits per heavy atom. The molecule has 0 aliphatic heterocycles. The number of rotatable bonds is 7. The summed E-state index contributed by atoms with van der Waals surface area (Å²) in [5.41, 5.74) is 2.12. The van der Waals surface area contributed by atoms with Crippen LogP contribution in [0.5, 0.6) is 5.75 Å². The van der Waals surface area contributed by atoms with Gasteiger partial charge in [0.15, 0.2) is 0 Å². The molecular weight excluding hydrogens is 296 g/mol. The normalized spacial score (nSPS) is 13.9. The SMILES string of the molecule is COc1ccc(CCC(=O)NCc2csc(C3CC3)n2)cc1. The first-order chi connectivity index (χ1) is 10.7. The predicted molar refractivity (Wildman–Crippen MR) is 87.3 cm³/mol. The molecule has 1 fully saturated rings. The van der Waals surface area contributed by atoms with Gasteiger partial charge in [0.05, 0.1) is 24.4 Å². The molecule has 1 N–H and O–H groups in total. The fraction of sp³-hybridized carbons (Fsp3) is 0.412. The van der Waals surface area contributed by atoms with Gasteiger partial charge >= 0.3 is 0 Å². The second-order valence-corrected chi connectivity index (χ2v) is 6.47. The molecule has 1 aromatic carbocycles. The number of amides is 1. The molecule has 0 bridgehead atoms. The van der Waals surface area contributed by atoms with Crippen LogP contribution in [0.4, 0.5) is 0 Å². The molecule has 0 spiro atoms. The largest absolute Gasteiger partial charge is 0.497 e. The maximum absolute atomic E-state index is 11.9. The highest BCUT2D eigenvalue weighted by atomic mass is 32.1. The van der Waals surface area contributed by atoms with E-state index in [1.807, 2.05) is 24.3 Å². The van der Waals surface area contributed by atoms with Gasteiger partial charge in [0.1, 0.15) is 5.75 Å². The van der Waals surface area contributed by atoms with Crippen molar-refractivity contribution in [3.8, 4) is 5.75 Å². The third kappa shape index (κ3) is 4.07. The Hall–Kier alpha value is -1.88. The first-order valence-corrected chi connectivity index (χ1v) is 8.46. The highest BCUT2D eigenvalue weighted by Gasteiger charge is 2.26. The van der Waals surface area contributed by atoms with E-state index in [0.717, 1.165) is 23.4 Å². The fourth-order valence-electron chi connectivity index (χ4n) is 2.25. The number of nitrogens with one attached hydrogen (secondary N) is 1. The fourth-order valence-corrected chi connectivity index (χ4v) is 3.24. The van der Waals surface area contributed by atoms with Gasteiger partial charge in [-0.15, -0.1) is 11.3 Å². The molecule has 3 rings (SSSR count). The van der Waals surface area contributed by atoms with Crippen LogP contribution in [-0.2, 0) is 17.8 Å². The Bertz CT molecular complexity index is 632. The summed E-state index contributed by atoms with van der Waals surface area (Å²) in [4.78, 5) is 16.5. The van der Waals surface area contributed by atoms with Crippen molar-refractivity contribution in [2.24, 2.45) is 0 Å². The Kier molecular flexibility index (Phi) is 4.73. The summed E-state index contributed by atoms with van der Waals surface area (Å²) in [6, 6.07) is 7.83. The highest BCUT2D eigenvalue weighted by Crippen LogP contribution is 2.41. The number of nitrogens with zero attached hydrogens (tertiary/aromatic N) is 1.